The zero-order valence-corrected chi connectivity index (χ0v) is 14.5. The average molecular weight is 346 g/mol. The number of benzene rings is 1. The molecule has 0 unspecified atom stereocenters. The molecule has 1 heterocycles. The van der Waals surface area contributed by atoms with Crippen LogP contribution in [0.25, 0.3) is 11.0 Å². The van der Waals surface area contributed by atoms with Crippen LogP contribution in [0.2, 0.25) is 0 Å². The van der Waals surface area contributed by atoms with E-state index in [2.05, 4.69) is 5.32 Å². The van der Waals surface area contributed by atoms with E-state index in [0.717, 1.165) is 10.9 Å². The first-order chi connectivity index (χ1) is 11.7. The van der Waals surface area contributed by atoms with E-state index in [1.807, 2.05) is 6.92 Å². The lowest BCUT2D eigenvalue weighted by Crippen LogP contribution is -2.49. The first-order valence-corrected chi connectivity index (χ1v) is 7.98. The topological polar surface area (TPSA) is 109 Å². The van der Waals surface area contributed by atoms with Gasteiger partial charge in [-0.1, -0.05) is 6.92 Å². The van der Waals surface area contributed by atoms with Crippen molar-refractivity contribution in [2.45, 2.75) is 46.3 Å². The van der Waals surface area contributed by atoms with Crippen molar-refractivity contribution in [1.82, 2.24) is 5.32 Å². The lowest BCUT2D eigenvalue weighted by atomic mass is 10.0. The van der Waals surface area contributed by atoms with Crippen LogP contribution in [-0.2, 0) is 16.0 Å². The van der Waals surface area contributed by atoms with Crippen LogP contribution < -0.4 is 20.8 Å². The van der Waals surface area contributed by atoms with E-state index in [1.165, 1.54) is 19.9 Å². The molecular weight excluding hydrogens is 326 g/mol. The van der Waals surface area contributed by atoms with Gasteiger partial charge >= 0.3 is 5.63 Å². The van der Waals surface area contributed by atoms with Crippen LogP contribution in [0.3, 0.4) is 0 Å². The van der Waals surface area contributed by atoms with Gasteiger partial charge in [-0.15, -0.1) is 0 Å². The Morgan fingerprint density at radius 1 is 1.32 bits per heavy atom. The lowest BCUT2D eigenvalue weighted by molar-refractivity contribution is -0.307. The summed E-state index contributed by atoms with van der Waals surface area (Å²) in [5.74, 6) is -1.58. The second kappa shape index (κ2) is 7.38. The van der Waals surface area contributed by atoms with Crippen LogP contribution in [0.5, 0.6) is 5.75 Å². The first-order valence-electron chi connectivity index (χ1n) is 7.98. The summed E-state index contributed by atoms with van der Waals surface area (Å²) in [6.45, 7) is 6.48. The van der Waals surface area contributed by atoms with E-state index in [0.29, 0.717) is 23.3 Å². The SMILES string of the molecule is CCc1cc(=O)oc2c(C)c(O[C@@H](C)C(=O)N[C@@H](C)C(=O)[O-])ccc12. The molecule has 134 valence electrons. The number of carboxylic acids is 1. The lowest BCUT2D eigenvalue weighted by Gasteiger charge is -2.20. The minimum Gasteiger partial charge on any atom is -0.548 e. The fourth-order valence-corrected chi connectivity index (χ4v) is 2.46. The highest BCUT2D eigenvalue weighted by atomic mass is 16.5. The zero-order valence-electron chi connectivity index (χ0n) is 14.5. The molecule has 0 aliphatic rings. The highest BCUT2D eigenvalue weighted by molar-refractivity contribution is 5.87. The molecule has 1 aromatic heterocycles. The minimum atomic E-state index is -1.38. The van der Waals surface area contributed by atoms with E-state index in [4.69, 9.17) is 9.15 Å². The van der Waals surface area contributed by atoms with Crippen molar-refractivity contribution in [1.29, 1.82) is 0 Å². The fourth-order valence-electron chi connectivity index (χ4n) is 2.46. The van der Waals surface area contributed by atoms with Crippen LogP contribution >= 0.6 is 0 Å². The molecule has 2 rings (SSSR count). The Labute approximate surface area is 144 Å². The number of hydrogen-bond acceptors (Lipinski definition) is 6. The summed E-state index contributed by atoms with van der Waals surface area (Å²) in [5.41, 5.74) is 1.43. The third kappa shape index (κ3) is 3.99. The third-order valence-corrected chi connectivity index (χ3v) is 3.96. The van der Waals surface area contributed by atoms with Gasteiger partial charge in [0.15, 0.2) is 6.10 Å². The molecule has 0 aliphatic carbocycles. The number of amides is 1. The molecule has 0 spiro atoms. The number of carbonyl (C=O) groups is 2. The maximum atomic E-state index is 12.0. The summed E-state index contributed by atoms with van der Waals surface area (Å²) in [6, 6.07) is 3.80. The van der Waals surface area contributed by atoms with Crippen LogP contribution in [0.15, 0.2) is 27.4 Å². The number of aryl methyl sites for hydroxylation is 2. The number of ether oxygens (including phenoxy) is 1. The van der Waals surface area contributed by atoms with E-state index >= 15 is 0 Å². The maximum Gasteiger partial charge on any atom is 0.336 e. The van der Waals surface area contributed by atoms with E-state index < -0.39 is 29.6 Å². The number of rotatable bonds is 6. The van der Waals surface area contributed by atoms with Crippen LogP contribution in [0.4, 0.5) is 0 Å². The first kappa shape index (κ1) is 18.5. The summed E-state index contributed by atoms with van der Waals surface area (Å²) >= 11 is 0. The average Bonchev–Trinajstić information content (AvgIpc) is 2.56. The molecule has 0 bridgehead atoms. The summed E-state index contributed by atoms with van der Waals surface area (Å²) in [7, 11) is 0. The number of carbonyl (C=O) groups excluding carboxylic acids is 2. The highest BCUT2D eigenvalue weighted by Crippen LogP contribution is 2.29. The molecule has 0 aliphatic heterocycles. The van der Waals surface area contributed by atoms with E-state index in [9.17, 15) is 19.5 Å². The largest absolute Gasteiger partial charge is 0.548 e. The number of hydrogen-bond donors (Lipinski definition) is 1. The standard InChI is InChI=1S/C18H21NO6/c1-5-12-8-15(20)25-16-9(2)14(7-6-13(12)16)24-11(4)17(21)19-10(3)18(22)23/h6-8,10-11H,5H2,1-4H3,(H,19,21)(H,22,23)/p-1/t10-,11-/m0/s1. The van der Waals surface area contributed by atoms with Gasteiger partial charge in [0.2, 0.25) is 0 Å². The summed E-state index contributed by atoms with van der Waals surface area (Å²) < 4.78 is 10.9. The van der Waals surface area contributed by atoms with Crippen molar-refractivity contribution in [2.75, 3.05) is 0 Å². The van der Waals surface area contributed by atoms with E-state index in [-0.39, 0.29) is 0 Å². The van der Waals surface area contributed by atoms with Gasteiger partial charge in [0.1, 0.15) is 11.3 Å². The quantitative estimate of drug-likeness (QED) is 0.771. The molecule has 2 atom stereocenters. The number of carboxylic acid groups (broad SMARTS) is 1. The van der Waals surface area contributed by atoms with Gasteiger partial charge < -0.3 is 24.4 Å². The van der Waals surface area contributed by atoms with Gasteiger partial charge in [0.25, 0.3) is 5.91 Å². The fraction of sp³-hybridized carbons (Fsp3) is 0.389. The van der Waals surface area contributed by atoms with Gasteiger partial charge in [-0.25, -0.2) is 4.79 Å². The van der Waals surface area contributed by atoms with Crippen molar-refractivity contribution < 1.29 is 23.8 Å². The predicted octanol–water partition coefficient (Wildman–Crippen LogP) is 0.686. The highest BCUT2D eigenvalue weighted by Gasteiger charge is 2.19. The van der Waals surface area contributed by atoms with Crippen LogP contribution in [0, 0.1) is 6.92 Å². The molecule has 7 nitrogen and oxygen atoms in total. The van der Waals surface area contributed by atoms with Crippen molar-refractivity contribution in [3.8, 4) is 5.75 Å². The normalized spacial score (nSPS) is 13.3. The van der Waals surface area contributed by atoms with Gasteiger partial charge in [0, 0.05) is 17.0 Å². The number of fused-ring (bicyclic) bond motifs is 1. The Kier molecular flexibility index (Phi) is 5.46. The molecule has 2 aromatic rings. The second-order valence-electron chi connectivity index (χ2n) is 5.82. The Morgan fingerprint density at radius 2 is 2.00 bits per heavy atom. The summed E-state index contributed by atoms with van der Waals surface area (Å²) in [5, 5.41) is 13.8. The Hall–Kier alpha value is -2.83. The molecule has 1 N–H and O–H groups in total. The van der Waals surface area contributed by atoms with Crippen LogP contribution in [-0.4, -0.2) is 24.0 Å². The minimum absolute atomic E-state index is 0.382. The van der Waals surface area contributed by atoms with Crippen LogP contribution in [0.1, 0.15) is 31.9 Å². The molecule has 0 saturated carbocycles. The Morgan fingerprint density at radius 3 is 2.60 bits per heavy atom. The molecule has 1 amide bonds. The van der Waals surface area contributed by atoms with Crippen molar-refractivity contribution in [3.05, 3.63) is 39.7 Å². The Balaban J connectivity index is 2.30. The molecule has 0 saturated heterocycles. The predicted molar refractivity (Wildman–Crippen MR) is 89.3 cm³/mol. The van der Waals surface area contributed by atoms with E-state index in [1.54, 1.807) is 19.1 Å². The molecule has 7 heteroatoms. The molecule has 1 aromatic carbocycles. The molecular formula is C18H20NO6-. The van der Waals surface area contributed by atoms with Gasteiger partial charge in [0.05, 0.1) is 12.0 Å². The summed E-state index contributed by atoms with van der Waals surface area (Å²) in [6.07, 6.45) is -0.249. The number of nitrogens with one attached hydrogen (secondary N) is 1. The van der Waals surface area contributed by atoms with Crippen molar-refractivity contribution in [3.63, 3.8) is 0 Å². The van der Waals surface area contributed by atoms with Crippen molar-refractivity contribution in [2.24, 2.45) is 0 Å². The molecule has 0 radical (unpaired) electrons. The number of aliphatic carboxylic acids is 1. The van der Waals surface area contributed by atoms with Gasteiger partial charge in [-0.05, 0) is 44.9 Å². The third-order valence-electron chi connectivity index (χ3n) is 3.96. The van der Waals surface area contributed by atoms with Gasteiger partial charge in [-0.3, -0.25) is 4.79 Å². The van der Waals surface area contributed by atoms with Gasteiger partial charge in [-0.2, -0.15) is 0 Å². The smallest absolute Gasteiger partial charge is 0.336 e. The Bertz CT molecular complexity index is 870. The zero-order chi connectivity index (χ0) is 18.7. The summed E-state index contributed by atoms with van der Waals surface area (Å²) in [4.78, 5) is 34.4. The van der Waals surface area contributed by atoms with Crippen molar-refractivity contribution >= 4 is 22.8 Å². The second-order valence-corrected chi connectivity index (χ2v) is 5.82. The molecule has 0 fully saturated rings. The monoisotopic (exact) mass is 346 g/mol. The maximum absolute atomic E-state index is 12.0. The molecule has 25 heavy (non-hydrogen) atoms.